The number of rotatable bonds is 6. The average Bonchev–Trinajstić information content (AvgIpc) is 2.61. The van der Waals surface area contributed by atoms with Crippen molar-refractivity contribution < 1.29 is 9.31 Å². The van der Waals surface area contributed by atoms with Gasteiger partial charge >= 0.3 is 5.69 Å². The molecule has 132 valence electrons. The Bertz CT molecular complexity index is 724. The number of nitro benzene ring substituents is 1. The molecule has 1 unspecified atom stereocenters. The molecule has 3 rings (SSSR count). The van der Waals surface area contributed by atoms with Crippen molar-refractivity contribution in [2.24, 2.45) is 0 Å². The number of likely N-dealkylation sites (tertiary alicyclic amines) is 1. The van der Waals surface area contributed by atoms with Gasteiger partial charge in [-0.3, -0.25) is 15.0 Å². The van der Waals surface area contributed by atoms with Gasteiger partial charge < -0.3 is 5.32 Å². The van der Waals surface area contributed by atoms with Crippen LogP contribution in [-0.2, 0) is 13.1 Å². The van der Waals surface area contributed by atoms with Crippen LogP contribution < -0.4 is 5.32 Å². The summed E-state index contributed by atoms with van der Waals surface area (Å²) in [6.45, 7) is 3.48. The monoisotopic (exact) mass is 343 g/mol. The molecule has 1 aliphatic heterocycles. The molecule has 0 radical (unpaired) electrons. The van der Waals surface area contributed by atoms with Crippen molar-refractivity contribution in [2.45, 2.75) is 32.0 Å². The third-order valence-corrected chi connectivity index (χ3v) is 4.56. The molecule has 0 amide bonds. The molecule has 0 saturated carbocycles. The van der Waals surface area contributed by atoms with E-state index in [1.54, 1.807) is 6.07 Å². The van der Waals surface area contributed by atoms with Gasteiger partial charge in [-0.15, -0.1) is 0 Å². The lowest BCUT2D eigenvalue weighted by atomic mass is 10.0. The van der Waals surface area contributed by atoms with Crippen molar-refractivity contribution in [1.29, 1.82) is 0 Å². The Balaban J connectivity index is 1.53. The standard InChI is InChI=1S/C19H22FN3O2/c20-18-11-16(8-9-19(18)23(24)25)12-21-17-7-4-10-22(14-17)13-15-5-2-1-3-6-15/h1-3,5-6,8-9,11,17,21H,4,7,10,12-14H2. The number of nitrogens with one attached hydrogen (secondary N) is 1. The summed E-state index contributed by atoms with van der Waals surface area (Å²) < 4.78 is 13.7. The van der Waals surface area contributed by atoms with Crippen LogP contribution in [0.4, 0.5) is 10.1 Å². The minimum atomic E-state index is -0.779. The maximum absolute atomic E-state index is 13.7. The molecular formula is C19H22FN3O2. The quantitative estimate of drug-likeness (QED) is 0.644. The number of nitro groups is 1. The lowest BCUT2D eigenvalue weighted by Crippen LogP contribution is -2.45. The molecule has 1 aliphatic rings. The summed E-state index contributed by atoms with van der Waals surface area (Å²) in [4.78, 5) is 12.4. The summed E-state index contributed by atoms with van der Waals surface area (Å²) in [5.74, 6) is -0.779. The molecule has 0 aromatic heterocycles. The molecule has 0 aliphatic carbocycles. The first-order valence-electron chi connectivity index (χ1n) is 8.54. The highest BCUT2D eigenvalue weighted by Crippen LogP contribution is 2.19. The van der Waals surface area contributed by atoms with E-state index < -0.39 is 16.4 Å². The van der Waals surface area contributed by atoms with Gasteiger partial charge in [0.05, 0.1) is 4.92 Å². The topological polar surface area (TPSA) is 58.4 Å². The Kier molecular flexibility index (Phi) is 5.73. The highest BCUT2D eigenvalue weighted by atomic mass is 19.1. The van der Waals surface area contributed by atoms with Crippen molar-refractivity contribution >= 4 is 5.69 Å². The van der Waals surface area contributed by atoms with Gasteiger partial charge in [0.1, 0.15) is 0 Å². The SMILES string of the molecule is O=[N+]([O-])c1ccc(CNC2CCCN(Cc3ccccc3)C2)cc1F. The summed E-state index contributed by atoms with van der Waals surface area (Å²) in [7, 11) is 0. The minimum Gasteiger partial charge on any atom is -0.309 e. The van der Waals surface area contributed by atoms with Gasteiger partial charge in [-0.2, -0.15) is 4.39 Å². The molecule has 2 aromatic rings. The van der Waals surface area contributed by atoms with E-state index in [1.165, 1.54) is 17.7 Å². The summed E-state index contributed by atoms with van der Waals surface area (Å²) in [6, 6.07) is 14.8. The third-order valence-electron chi connectivity index (χ3n) is 4.56. The number of nitrogens with zero attached hydrogens (tertiary/aromatic N) is 2. The van der Waals surface area contributed by atoms with Crippen molar-refractivity contribution in [3.8, 4) is 0 Å². The van der Waals surface area contributed by atoms with Gasteiger partial charge in [-0.25, -0.2) is 0 Å². The van der Waals surface area contributed by atoms with Crippen LogP contribution in [0, 0.1) is 15.9 Å². The molecular weight excluding hydrogens is 321 g/mol. The largest absolute Gasteiger partial charge is 0.309 e. The molecule has 0 spiro atoms. The first-order chi connectivity index (χ1) is 12.1. The Labute approximate surface area is 146 Å². The smallest absolute Gasteiger partial charge is 0.304 e. The fraction of sp³-hybridized carbons (Fsp3) is 0.368. The van der Waals surface area contributed by atoms with Crippen LogP contribution in [0.2, 0.25) is 0 Å². The van der Waals surface area contributed by atoms with Crippen LogP contribution >= 0.6 is 0 Å². The van der Waals surface area contributed by atoms with Crippen LogP contribution in [0.15, 0.2) is 48.5 Å². The van der Waals surface area contributed by atoms with E-state index in [2.05, 4.69) is 34.5 Å². The van der Waals surface area contributed by atoms with Crippen molar-refractivity contribution in [3.63, 3.8) is 0 Å². The maximum Gasteiger partial charge on any atom is 0.304 e. The Hall–Kier alpha value is -2.31. The third kappa shape index (κ3) is 4.84. The Morgan fingerprint density at radius 2 is 2.00 bits per heavy atom. The lowest BCUT2D eigenvalue weighted by Gasteiger charge is -2.33. The molecule has 25 heavy (non-hydrogen) atoms. The lowest BCUT2D eigenvalue weighted by molar-refractivity contribution is -0.387. The summed E-state index contributed by atoms with van der Waals surface area (Å²) in [6.07, 6.45) is 2.21. The second-order valence-corrected chi connectivity index (χ2v) is 6.48. The molecule has 1 fully saturated rings. The molecule has 0 bridgehead atoms. The zero-order valence-electron chi connectivity index (χ0n) is 14.0. The highest BCUT2D eigenvalue weighted by Gasteiger charge is 2.20. The van der Waals surface area contributed by atoms with E-state index in [1.807, 2.05) is 6.07 Å². The van der Waals surface area contributed by atoms with Gasteiger partial charge in [0.15, 0.2) is 0 Å². The summed E-state index contributed by atoms with van der Waals surface area (Å²) in [5.41, 5.74) is 1.55. The molecule has 6 heteroatoms. The van der Waals surface area contributed by atoms with E-state index in [4.69, 9.17) is 0 Å². The van der Waals surface area contributed by atoms with Gasteiger partial charge in [-0.05, 0) is 36.6 Å². The normalized spacial score (nSPS) is 18.2. The van der Waals surface area contributed by atoms with Crippen LogP contribution in [-0.4, -0.2) is 29.0 Å². The second kappa shape index (κ2) is 8.18. The van der Waals surface area contributed by atoms with E-state index >= 15 is 0 Å². The first kappa shape index (κ1) is 17.5. The second-order valence-electron chi connectivity index (χ2n) is 6.48. The first-order valence-corrected chi connectivity index (χ1v) is 8.54. The molecule has 1 N–H and O–H groups in total. The van der Waals surface area contributed by atoms with Crippen LogP contribution in [0.25, 0.3) is 0 Å². The molecule has 1 saturated heterocycles. The number of hydrogen-bond acceptors (Lipinski definition) is 4. The van der Waals surface area contributed by atoms with Crippen LogP contribution in [0.3, 0.4) is 0 Å². The van der Waals surface area contributed by atoms with Crippen molar-refractivity contribution in [3.05, 3.63) is 75.6 Å². The van der Waals surface area contributed by atoms with Gasteiger partial charge in [-0.1, -0.05) is 36.4 Å². The summed E-state index contributed by atoms with van der Waals surface area (Å²) >= 11 is 0. The van der Waals surface area contributed by atoms with Crippen LogP contribution in [0.5, 0.6) is 0 Å². The zero-order chi connectivity index (χ0) is 17.6. The van der Waals surface area contributed by atoms with E-state index in [9.17, 15) is 14.5 Å². The summed E-state index contributed by atoms with van der Waals surface area (Å²) in [5, 5.41) is 14.1. The van der Waals surface area contributed by atoms with Crippen LogP contribution in [0.1, 0.15) is 24.0 Å². The van der Waals surface area contributed by atoms with Crippen molar-refractivity contribution in [1.82, 2.24) is 10.2 Å². The van der Waals surface area contributed by atoms with Gasteiger partial charge in [0, 0.05) is 31.7 Å². The average molecular weight is 343 g/mol. The van der Waals surface area contributed by atoms with Gasteiger partial charge in [0.25, 0.3) is 0 Å². The molecule has 1 atom stereocenters. The molecule has 2 aromatic carbocycles. The van der Waals surface area contributed by atoms with E-state index in [0.29, 0.717) is 12.6 Å². The number of halogens is 1. The Morgan fingerprint density at radius 3 is 2.72 bits per heavy atom. The van der Waals surface area contributed by atoms with E-state index in [-0.39, 0.29) is 0 Å². The van der Waals surface area contributed by atoms with Gasteiger partial charge in [0.2, 0.25) is 5.82 Å². The predicted octanol–water partition coefficient (Wildman–Crippen LogP) is 3.49. The number of piperidine rings is 1. The highest BCUT2D eigenvalue weighted by molar-refractivity contribution is 5.35. The Morgan fingerprint density at radius 1 is 1.20 bits per heavy atom. The predicted molar refractivity (Wildman–Crippen MR) is 94.6 cm³/mol. The van der Waals surface area contributed by atoms with E-state index in [0.717, 1.165) is 38.0 Å². The zero-order valence-corrected chi connectivity index (χ0v) is 14.0. The fourth-order valence-electron chi connectivity index (χ4n) is 3.28. The van der Waals surface area contributed by atoms with Crippen molar-refractivity contribution in [2.75, 3.05) is 13.1 Å². The number of benzene rings is 2. The number of hydrogen-bond donors (Lipinski definition) is 1. The minimum absolute atomic E-state index is 0.343. The molecule has 5 nitrogen and oxygen atoms in total. The maximum atomic E-state index is 13.7. The fourth-order valence-corrected chi connectivity index (χ4v) is 3.28. The molecule has 1 heterocycles.